The van der Waals surface area contributed by atoms with Crippen molar-refractivity contribution in [2.75, 3.05) is 20.3 Å². The minimum atomic E-state index is -1.08. The monoisotopic (exact) mass is 736 g/mol. The molecular formula is C40H56N4O7S. The number of carbonyl (C=O) groups excluding carboxylic acids is 3. The molecule has 0 bridgehead atoms. The molecule has 11 nitrogen and oxygen atoms in total. The van der Waals surface area contributed by atoms with Gasteiger partial charge in [-0.15, -0.1) is 6.58 Å². The molecule has 1 aromatic heterocycles. The maximum atomic E-state index is 12.5. The van der Waals surface area contributed by atoms with Crippen LogP contribution in [0, 0.1) is 6.92 Å². The standard InChI is InChI=1S/C17H28N2O3.C17H15NO2.C4H7NO2S.C2H6/c1-3-4-5-6-12-22-13(2)17(21)19-11-7-8-15(19)16(20)18-14-9-10-14;1-11-16(20-2)9-8-13-15(19)10-14(18-17(11)13)12-6-4-3-5-7-12;6-3-5-8(7)4-1-2-4;1-2/h3,13-15H,1,4-12H2,2H3,(H,18,20);3-10H,1-2H3,(H,18,19);3-4H,1-2H2,(H,5,6);1-2H3/t13-,15?;;;/m1.../s1. The molecule has 3 aromatic rings. The van der Waals surface area contributed by atoms with Crippen molar-refractivity contribution in [3.63, 3.8) is 0 Å². The number of carbonyl (C=O) groups is 3. The van der Waals surface area contributed by atoms with Crippen molar-refractivity contribution in [3.05, 3.63) is 77.0 Å². The van der Waals surface area contributed by atoms with Gasteiger partial charge in [0.25, 0.3) is 5.91 Å². The highest BCUT2D eigenvalue weighted by Gasteiger charge is 2.38. The van der Waals surface area contributed by atoms with Crippen molar-refractivity contribution in [1.82, 2.24) is 19.9 Å². The van der Waals surface area contributed by atoms with Gasteiger partial charge in [0.15, 0.2) is 5.43 Å². The van der Waals surface area contributed by atoms with E-state index in [9.17, 15) is 23.4 Å². The first-order chi connectivity index (χ1) is 25.2. The van der Waals surface area contributed by atoms with Gasteiger partial charge in [-0.05, 0) is 89.3 Å². The lowest BCUT2D eigenvalue weighted by molar-refractivity contribution is -0.147. The van der Waals surface area contributed by atoms with Crippen LogP contribution >= 0.6 is 0 Å². The highest BCUT2D eigenvalue weighted by Crippen LogP contribution is 2.27. The number of unbranched alkanes of at least 4 members (excludes halogenated alkanes) is 2. The average molecular weight is 737 g/mol. The summed E-state index contributed by atoms with van der Waals surface area (Å²) in [7, 11) is 0.554. The predicted molar refractivity (Wildman–Crippen MR) is 208 cm³/mol. The van der Waals surface area contributed by atoms with Gasteiger partial charge in [0.2, 0.25) is 12.3 Å². The highest BCUT2D eigenvalue weighted by atomic mass is 32.2. The normalized spacial score (nSPS) is 17.1. The van der Waals surface area contributed by atoms with Gasteiger partial charge in [-0.1, -0.05) is 50.3 Å². The number of H-pyrrole nitrogens is 1. The van der Waals surface area contributed by atoms with Crippen LogP contribution in [-0.2, 0) is 30.1 Å². The number of pyridine rings is 1. The van der Waals surface area contributed by atoms with Gasteiger partial charge in [0, 0.05) is 41.9 Å². The van der Waals surface area contributed by atoms with Crippen molar-refractivity contribution in [3.8, 4) is 17.0 Å². The Kier molecular flexibility index (Phi) is 17.8. The van der Waals surface area contributed by atoms with Crippen LogP contribution in [0.15, 0.2) is 66.0 Å². The summed E-state index contributed by atoms with van der Waals surface area (Å²) in [6, 6.07) is 15.1. The van der Waals surface area contributed by atoms with E-state index >= 15 is 0 Å². The number of aromatic amines is 1. The number of fused-ring (bicyclic) bond motifs is 1. The third-order valence-corrected chi connectivity index (χ3v) is 10.2. The van der Waals surface area contributed by atoms with Crippen molar-refractivity contribution in [1.29, 1.82) is 0 Å². The number of hydrogen-bond acceptors (Lipinski definition) is 7. The molecule has 3 atom stereocenters. The number of amides is 3. The molecule has 2 aromatic carbocycles. The first-order valence-corrected chi connectivity index (χ1v) is 19.6. The summed E-state index contributed by atoms with van der Waals surface area (Å²) < 4.78 is 23.7. The summed E-state index contributed by atoms with van der Waals surface area (Å²) in [5.74, 6) is 0.724. The van der Waals surface area contributed by atoms with Gasteiger partial charge in [-0.3, -0.25) is 23.9 Å². The molecule has 2 heterocycles. The molecule has 52 heavy (non-hydrogen) atoms. The number of rotatable bonds is 14. The van der Waals surface area contributed by atoms with Crippen LogP contribution in [0.2, 0.25) is 0 Å². The topological polar surface area (TPSA) is 147 Å². The predicted octanol–water partition coefficient (Wildman–Crippen LogP) is 6.11. The number of ether oxygens (including phenoxy) is 2. The van der Waals surface area contributed by atoms with Gasteiger partial charge >= 0.3 is 0 Å². The van der Waals surface area contributed by atoms with Gasteiger partial charge in [-0.2, -0.15) is 0 Å². The first-order valence-electron chi connectivity index (χ1n) is 18.4. The van der Waals surface area contributed by atoms with Crippen LogP contribution in [0.25, 0.3) is 22.2 Å². The molecule has 2 unspecified atom stereocenters. The van der Waals surface area contributed by atoms with E-state index in [0.29, 0.717) is 31.0 Å². The van der Waals surface area contributed by atoms with E-state index in [0.717, 1.165) is 85.9 Å². The molecule has 3 aliphatic rings. The lowest BCUT2D eigenvalue weighted by Crippen LogP contribution is -2.49. The van der Waals surface area contributed by atoms with Crippen molar-refractivity contribution in [2.24, 2.45) is 0 Å². The summed E-state index contributed by atoms with van der Waals surface area (Å²) >= 11 is 0. The van der Waals surface area contributed by atoms with E-state index in [-0.39, 0.29) is 28.5 Å². The summed E-state index contributed by atoms with van der Waals surface area (Å²) in [4.78, 5) is 51.7. The molecule has 3 N–H and O–H groups in total. The van der Waals surface area contributed by atoms with Crippen molar-refractivity contribution in [2.45, 2.75) is 109 Å². The Balaban J connectivity index is 0.000000224. The van der Waals surface area contributed by atoms with Crippen LogP contribution in [0.3, 0.4) is 0 Å². The number of allylic oxidation sites excluding steroid dienone is 1. The van der Waals surface area contributed by atoms with Crippen LogP contribution in [-0.4, -0.2) is 76.0 Å². The molecule has 1 saturated heterocycles. The molecule has 2 aliphatic carbocycles. The van der Waals surface area contributed by atoms with E-state index in [2.05, 4.69) is 21.6 Å². The van der Waals surface area contributed by atoms with E-state index < -0.39 is 17.1 Å². The van der Waals surface area contributed by atoms with Crippen molar-refractivity contribution < 1.29 is 28.1 Å². The zero-order valence-corrected chi connectivity index (χ0v) is 32.1. The largest absolute Gasteiger partial charge is 0.496 e. The Morgan fingerprint density at radius 3 is 2.40 bits per heavy atom. The Bertz CT molecular complexity index is 1690. The fourth-order valence-corrected chi connectivity index (χ4v) is 6.49. The van der Waals surface area contributed by atoms with E-state index in [4.69, 9.17) is 9.47 Å². The Morgan fingerprint density at radius 2 is 1.79 bits per heavy atom. The smallest absolute Gasteiger partial charge is 0.252 e. The summed E-state index contributed by atoms with van der Waals surface area (Å²) in [5.41, 5.74) is 3.60. The van der Waals surface area contributed by atoms with Gasteiger partial charge in [0.1, 0.15) is 28.9 Å². The molecule has 1 aliphatic heterocycles. The number of likely N-dealkylation sites (tertiary alicyclic amines) is 1. The fraction of sp³-hybridized carbons (Fsp3) is 0.500. The van der Waals surface area contributed by atoms with Gasteiger partial charge in [-0.25, -0.2) is 4.21 Å². The summed E-state index contributed by atoms with van der Waals surface area (Å²) in [6.07, 6.45) is 10.6. The number of aryl methyl sites for hydroxylation is 1. The zero-order chi connectivity index (χ0) is 38.0. The quantitative estimate of drug-likeness (QED) is 0.103. The Labute approximate surface area is 310 Å². The van der Waals surface area contributed by atoms with E-state index in [1.54, 1.807) is 31.1 Å². The number of benzene rings is 2. The minimum Gasteiger partial charge on any atom is -0.496 e. The second-order valence-corrected chi connectivity index (χ2v) is 14.2. The second-order valence-electron chi connectivity index (χ2n) is 12.7. The number of nitrogens with zero attached hydrogens (tertiary/aromatic N) is 1. The number of hydrogen-bond donors (Lipinski definition) is 3. The number of aromatic nitrogens is 1. The second kappa shape index (κ2) is 21.9. The molecule has 6 rings (SSSR count). The highest BCUT2D eigenvalue weighted by molar-refractivity contribution is 7.84. The molecule has 0 spiro atoms. The van der Waals surface area contributed by atoms with Crippen LogP contribution < -0.4 is 20.2 Å². The summed E-state index contributed by atoms with van der Waals surface area (Å²) in [5, 5.41) is 3.94. The average Bonchev–Trinajstić information content (AvgIpc) is 4.12. The third-order valence-electron chi connectivity index (χ3n) is 8.79. The van der Waals surface area contributed by atoms with Gasteiger partial charge in [0.05, 0.1) is 17.9 Å². The lowest BCUT2D eigenvalue weighted by atomic mass is 10.1. The fourth-order valence-electron chi connectivity index (χ4n) is 5.64. The van der Waals surface area contributed by atoms with Crippen LogP contribution in [0.4, 0.5) is 0 Å². The molecular weight excluding hydrogens is 681 g/mol. The van der Waals surface area contributed by atoms with Crippen molar-refractivity contribution >= 4 is 40.1 Å². The molecule has 3 amide bonds. The SMILES string of the molecule is C=CCCCCO[C@H](C)C(=O)N1CCCC1C(=O)NC1CC1.CC.COc1ccc2c(=O)cc(-c3ccccc3)[nH]c2c1C.O=CNS(=O)C1CC1. The first kappa shape index (κ1) is 42.1. The number of nitrogens with one attached hydrogen (secondary N) is 3. The molecule has 3 fully saturated rings. The maximum Gasteiger partial charge on any atom is 0.252 e. The lowest BCUT2D eigenvalue weighted by Gasteiger charge is -2.26. The number of methoxy groups -OCH3 is 1. The third kappa shape index (κ3) is 12.7. The van der Waals surface area contributed by atoms with E-state index in [1.165, 1.54) is 0 Å². The van der Waals surface area contributed by atoms with E-state index in [1.807, 2.05) is 63.2 Å². The Hall–Kier alpha value is -4.29. The van der Waals surface area contributed by atoms with Crippen LogP contribution in [0.5, 0.6) is 5.75 Å². The maximum absolute atomic E-state index is 12.5. The molecule has 0 radical (unpaired) electrons. The minimum absolute atomic E-state index is 0.00605. The van der Waals surface area contributed by atoms with Gasteiger partial charge < -0.3 is 24.7 Å². The molecule has 284 valence electrons. The molecule has 2 saturated carbocycles. The zero-order valence-electron chi connectivity index (χ0n) is 31.3. The molecule has 12 heteroatoms. The van der Waals surface area contributed by atoms with Crippen LogP contribution in [0.1, 0.15) is 84.1 Å². The summed E-state index contributed by atoms with van der Waals surface area (Å²) in [6.45, 7) is 12.7. The Morgan fingerprint density at radius 1 is 1.08 bits per heavy atom.